The average Bonchev–Trinajstić information content (AvgIpc) is 2.87. The largest absolute Gasteiger partial charge is 0.480 e. The third-order valence-electron chi connectivity index (χ3n) is 6.05. The lowest BCUT2D eigenvalue weighted by Gasteiger charge is -2.59. The highest BCUT2D eigenvalue weighted by molar-refractivity contribution is 8.00. The van der Waals surface area contributed by atoms with Gasteiger partial charge in [-0.05, 0) is 26.3 Å². The van der Waals surface area contributed by atoms with Crippen molar-refractivity contribution < 1.29 is 24.6 Å². The Hall–Kier alpha value is -2.66. The van der Waals surface area contributed by atoms with Crippen molar-refractivity contribution in [1.29, 1.82) is 0 Å². The molecule has 2 N–H and O–H groups in total. The summed E-state index contributed by atoms with van der Waals surface area (Å²) < 4.78 is 0. The van der Waals surface area contributed by atoms with E-state index < -0.39 is 52.5 Å². The van der Waals surface area contributed by atoms with Crippen LogP contribution in [0.3, 0.4) is 0 Å². The molecule has 30 heavy (non-hydrogen) atoms. The number of fused-ring (bicyclic) bond motifs is 1. The number of carbonyl (C=O) groups excluding carboxylic acids is 2. The van der Waals surface area contributed by atoms with Crippen LogP contribution in [0.25, 0.3) is 0 Å². The van der Waals surface area contributed by atoms with Crippen molar-refractivity contribution in [2.24, 2.45) is 5.29 Å². The number of β-lactam (4-membered cyclic amide) rings is 1. The number of amides is 2. The quantitative estimate of drug-likeness (QED) is 0.525. The molecule has 0 saturated carbocycles. The zero-order chi connectivity index (χ0) is 22.0. The molecular weight excluding hydrogens is 412 g/mol. The Morgan fingerprint density at radius 3 is 2.37 bits per heavy atom. The minimum atomic E-state index is -1.60. The number of carbonyl (C=O) groups is 3. The van der Waals surface area contributed by atoms with Gasteiger partial charge >= 0.3 is 5.97 Å². The smallest absolute Gasteiger partial charge is 0.329 e. The molecule has 10 nitrogen and oxygen atoms in total. The van der Waals surface area contributed by atoms with Gasteiger partial charge in [0.1, 0.15) is 22.7 Å². The van der Waals surface area contributed by atoms with Crippen LogP contribution in [0.5, 0.6) is 0 Å². The van der Waals surface area contributed by atoms with E-state index in [1.807, 2.05) is 0 Å². The predicted octanol–water partition coefficient (Wildman–Crippen LogP) is 0.777. The maximum Gasteiger partial charge on any atom is 0.329 e. The number of hydrogen-bond donors (Lipinski definition) is 2. The first-order valence-corrected chi connectivity index (χ1v) is 10.5. The molecule has 5 atom stereocenters. The lowest BCUT2D eigenvalue weighted by molar-refractivity contribution is -0.184. The first-order chi connectivity index (χ1) is 14.0. The molecule has 160 valence electrons. The second-order valence-corrected chi connectivity index (χ2v) is 9.54. The number of carboxylic acid groups (broad SMARTS) is 1. The predicted molar refractivity (Wildman–Crippen MR) is 107 cm³/mol. The van der Waals surface area contributed by atoms with Gasteiger partial charge in [-0.25, -0.2) is 9.80 Å². The van der Waals surface area contributed by atoms with Gasteiger partial charge < -0.3 is 20.0 Å². The fourth-order valence-electron chi connectivity index (χ4n) is 4.65. The number of nitroso groups, excluding NO2 is 1. The summed E-state index contributed by atoms with van der Waals surface area (Å²) >= 11 is 1.22. The number of rotatable bonds is 4. The van der Waals surface area contributed by atoms with E-state index in [0.29, 0.717) is 5.56 Å². The van der Waals surface area contributed by atoms with Gasteiger partial charge in [-0.3, -0.25) is 9.59 Å². The number of nitrogens with zero attached hydrogens (tertiary/aromatic N) is 4. The number of benzene rings is 1. The molecule has 3 aliphatic heterocycles. The summed E-state index contributed by atoms with van der Waals surface area (Å²) in [6.45, 7) is 4.64. The van der Waals surface area contributed by atoms with Gasteiger partial charge in [-0.15, -0.1) is 16.7 Å². The summed E-state index contributed by atoms with van der Waals surface area (Å²) in [5, 5.41) is 23.7. The van der Waals surface area contributed by atoms with E-state index in [4.69, 9.17) is 0 Å². The highest BCUT2D eigenvalue weighted by Crippen LogP contribution is 2.50. The summed E-state index contributed by atoms with van der Waals surface area (Å²) in [4.78, 5) is 52.4. The maximum absolute atomic E-state index is 13.4. The minimum Gasteiger partial charge on any atom is -0.480 e. The van der Waals surface area contributed by atoms with Gasteiger partial charge in [0.2, 0.25) is 5.91 Å². The van der Waals surface area contributed by atoms with Gasteiger partial charge in [0, 0.05) is 5.75 Å². The maximum atomic E-state index is 13.4. The Kier molecular flexibility index (Phi) is 4.58. The normalized spacial score (nSPS) is 35.1. The second-order valence-electron chi connectivity index (χ2n) is 8.43. The number of hydrogen-bond acceptors (Lipinski definition) is 7. The van der Waals surface area contributed by atoms with Crippen LogP contribution in [-0.2, 0) is 14.4 Å². The molecule has 0 bridgehead atoms. The van der Waals surface area contributed by atoms with Crippen LogP contribution in [0.1, 0.15) is 32.4 Å². The van der Waals surface area contributed by atoms with E-state index >= 15 is 0 Å². The van der Waals surface area contributed by atoms with Gasteiger partial charge in [0.15, 0.2) is 12.1 Å². The average molecular weight is 434 g/mol. The summed E-state index contributed by atoms with van der Waals surface area (Å²) in [7, 11) is 0. The minimum absolute atomic E-state index is 0.0924. The standard InChI is InChI=1S/C19H22N4O6S/c1-18(2)22(15(25)11(23(18)20-29)10-7-5-4-6-8-10)12-14(24)21-13(17(26)27)19(3,28)9-30-16(12)21/h4-8,11-13,16,28H,9H2,1-3H3,(H,26,27)/t11?,12?,13?,16-,19?/m0/s1. The van der Waals surface area contributed by atoms with E-state index in [-0.39, 0.29) is 5.75 Å². The SMILES string of the molecule is CC1(O)CS[C@H]2C(N3C(=O)C(c4ccccc4)N(N=O)C3(C)C)C(=O)N2C1C(=O)O. The lowest BCUT2D eigenvalue weighted by Crippen LogP contribution is -2.80. The first kappa shape index (κ1) is 20.6. The fourth-order valence-corrected chi connectivity index (χ4v) is 6.12. The molecule has 4 rings (SSSR count). The van der Waals surface area contributed by atoms with E-state index in [2.05, 4.69) is 5.29 Å². The monoisotopic (exact) mass is 434 g/mol. The van der Waals surface area contributed by atoms with Crippen LogP contribution >= 0.6 is 11.8 Å². The molecule has 1 aromatic carbocycles. The van der Waals surface area contributed by atoms with E-state index in [0.717, 1.165) is 9.91 Å². The molecule has 1 aromatic rings. The zero-order valence-corrected chi connectivity index (χ0v) is 17.4. The Morgan fingerprint density at radius 1 is 1.17 bits per heavy atom. The number of carboxylic acids is 1. The third kappa shape index (κ3) is 2.64. The molecule has 3 aliphatic rings. The molecule has 3 fully saturated rings. The van der Waals surface area contributed by atoms with Gasteiger partial charge in [0.25, 0.3) is 5.91 Å². The van der Waals surface area contributed by atoms with Crippen molar-refractivity contribution in [3.63, 3.8) is 0 Å². The van der Waals surface area contributed by atoms with Crippen LogP contribution in [0.2, 0.25) is 0 Å². The van der Waals surface area contributed by atoms with E-state index in [1.54, 1.807) is 44.2 Å². The number of aliphatic carboxylic acids is 1. The first-order valence-electron chi connectivity index (χ1n) is 9.43. The molecule has 0 aromatic heterocycles. The Labute approximate surface area is 176 Å². The molecule has 11 heteroatoms. The molecule has 2 amide bonds. The van der Waals surface area contributed by atoms with Crippen LogP contribution in [0, 0.1) is 4.91 Å². The van der Waals surface area contributed by atoms with Crippen molar-refractivity contribution in [2.45, 2.75) is 55.5 Å². The Balaban J connectivity index is 1.71. The van der Waals surface area contributed by atoms with Crippen molar-refractivity contribution in [3.8, 4) is 0 Å². The van der Waals surface area contributed by atoms with Gasteiger partial charge in [-0.2, -0.15) is 0 Å². The Morgan fingerprint density at radius 2 is 1.80 bits per heavy atom. The highest BCUT2D eigenvalue weighted by Gasteiger charge is 2.67. The van der Waals surface area contributed by atoms with E-state index in [1.165, 1.54) is 23.6 Å². The van der Waals surface area contributed by atoms with Crippen molar-refractivity contribution in [2.75, 3.05) is 5.75 Å². The summed E-state index contributed by atoms with van der Waals surface area (Å²) in [5.74, 6) is -2.23. The topological polar surface area (TPSA) is 131 Å². The molecular formula is C19H22N4O6S. The third-order valence-corrected chi connectivity index (χ3v) is 7.62. The van der Waals surface area contributed by atoms with Crippen LogP contribution in [0.4, 0.5) is 0 Å². The molecule has 0 aliphatic carbocycles. The Bertz CT molecular complexity index is 923. The van der Waals surface area contributed by atoms with Crippen LogP contribution in [0.15, 0.2) is 35.6 Å². The summed E-state index contributed by atoms with van der Waals surface area (Å²) in [5.41, 5.74) is -2.23. The van der Waals surface area contributed by atoms with Gasteiger partial charge in [0.05, 0.1) is 5.29 Å². The van der Waals surface area contributed by atoms with Crippen molar-refractivity contribution in [1.82, 2.24) is 14.8 Å². The summed E-state index contributed by atoms with van der Waals surface area (Å²) in [6.07, 6.45) is 0. The molecule has 0 radical (unpaired) electrons. The van der Waals surface area contributed by atoms with Gasteiger partial charge in [-0.1, -0.05) is 30.3 Å². The highest BCUT2D eigenvalue weighted by atomic mass is 32.2. The number of thioether (sulfide) groups is 1. The van der Waals surface area contributed by atoms with Crippen molar-refractivity contribution in [3.05, 3.63) is 40.8 Å². The fraction of sp³-hybridized carbons (Fsp3) is 0.526. The molecule has 3 saturated heterocycles. The second kappa shape index (κ2) is 6.67. The zero-order valence-electron chi connectivity index (χ0n) is 16.6. The van der Waals surface area contributed by atoms with Crippen molar-refractivity contribution >= 4 is 29.5 Å². The molecule has 0 spiro atoms. The lowest BCUT2D eigenvalue weighted by atomic mass is 9.90. The number of aliphatic hydroxyl groups is 1. The van der Waals surface area contributed by atoms with Crippen LogP contribution in [-0.4, -0.2) is 77.3 Å². The molecule has 4 unspecified atom stereocenters. The van der Waals surface area contributed by atoms with Crippen LogP contribution < -0.4 is 0 Å². The summed E-state index contributed by atoms with van der Waals surface area (Å²) in [6, 6.07) is 5.36. The molecule has 3 heterocycles. The van der Waals surface area contributed by atoms with E-state index in [9.17, 15) is 29.5 Å².